The van der Waals surface area contributed by atoms with Gasteiger partial charge in [-0.15, -0.1) is 0 Å². The first-order valence-corrected chi connectivity index (χ1v) is 4.53. The van der Waals surface area contributed by atoms with E-state index in [-0.39, 0.29) is 11.3 Å². The molecule has 0 radical (unpaired) electrons. The molecule has 1 unspecified atom stereocenters. The van der Waals surface area contributed by atoms with E-state index in [1.54, 1.807) is 0 Å². The lowest BCUT2D eigenvalue weighted by Gasteiger charge is -2.06. The van der Waals surface area contributed by atoms with Crippen LogP contribution in [0.4, 0.5) is 8.78 Å². The van der Waals surface area contributed by atoms with Crippen molar-refractivity contribution >= 4 is 21.7 Å². The minimum Gasteiger partial charge on any atom is -0.298 e. The number of ketones is 1. The normalized spacial score (nSPS) is 12.6. The van der Waals surface area contributed by atoms with Crippen LogP contribution >= 0.6 is 15.9 Å². The summed E-state index contributed by atoms with van der Waals surface area (Å²) in [5.41, 5.74) is 0.161. The number of rotatable bonds is 2. The molecule has 4 heteroatoms. The minimum atomic E-state index is -0.711. The van der Waals surface area contributed by atoms with E-state index in [4.69, 9.17) is 0 Å². The average molecular weight is 249 g/mol. The van der Waals surface area contributed by atoms with E-state index in [1.165, 1.54) is 13.0 Å². The van der Waals surface area contributed by atoms with Crippen LogP contribution in [0.1, 0.15) is 17.3 Å². The second-order valence-corrected chi connectivity index (χ2v) is 3.55. The van der Waals surface area contributed by atoms with Gasteiger partial charge in [0.2, 0.25) is 0 Å². The Kier molecular flexibility index (Phi) is 3.14. The Balaban J connectivity index is 3.08. The fraction of sp³-hybridized carbons (Fsp3) is 0.222. The van der Waals surface area contributed by atoms with Gasteiger partial charge in [-0.3, -0.25) is 4.79 Å². The van der Waals surface area contributed by atoms with Gasteiger partial charge in [0.15, 0.2) is 0 Å². The van der Waals surface area contributed by atoms with Crippen molar-refractivity contribution < 1.29 is 13.6 Å². The highest BCUT2D eigenvalue weighted by Crippen LogP contribution is 2.26. The SMILES string of the molecule is CC(=O)C(Br)c1ccc(F)cc1F. The molecule has 0 heterocycles. The maximum atomic E-state index is 13.0. The Morgan fingerprint density at radius 3 is 2.54 bits per heavy atom. The van der Waals surface area contributed by atoms with Crippen LogP contribution in [0.5, 0.6) is 0 Å². The van der Waals surface area contributed by atoms with E-state index in [1.807, 2.05) is 0 Å². The largest absolute Gasteiger partial charge is 0.298 e. The lowest BCUT2D eigenvalue weighted by molar-refractivity contribution is -0.116. The van der Waals surface area contributed by atoms with E-state index in [0.29, 0.717) is 0 Å². The maximum absolute atomic E-state index is 13.0. The highest BCUT2D eigenvalue weighted by molar-refractivity contribution is 9.09. The zero-order chi connectivity index (χ0) is 10.0. The number of Topliss-reactive ketones (excluding diaryl/α,β-unsaturated/α-hetero) is 1. The average Bonchev–Trinajstić information content (AvgIpc) is 2.03. The topological polar surface area (TPSA) is 17.1 Å². The van der Waals surface area contributed by atoms with E-state index in [2.05, 4.69) is 15.9 Å². The second-order valence-electron chi connectivity index (χ2n) is 2.64. The highest BCUT2D eigenvalue weighted by Gasteiger charge is 2.16. The molecule has 13 heavy (non-hydrogen) atoms. The van der Waals surface area contributed by atoms with Crippen molar-refractivity contribution in [2.24, 2.45) is 0 Å². The van der Waals surface area contributed by atoms with Crippen LogP contribution in [0.3, 0.4) is 0 Å². The molecule has 0 N–H and O–H groups in total. The fourth-order valence-corrected chi connectivity index (χ4v) is 1.30. The highest BCUT2D eigenvalue weighted by atomic mass is 79.9. The molecule has 0 aliphatic carbocycles. The standard InChI is InChI=1S/C9H7BrF2O/c1-5(13)9(10)7-3-2-6(11)4-8(7)12/h2-4,9H,1H3. The number of hydrogen-bond donors (Lipinski definition) is 0. The first-order valence-electron chi connectivity index (χ1n) is 3.62. The van der Waals surface area contributed by atoms with E-state index >= 15 is 0 Å². The van der Waals surface area contributed by atoms with Crippen molar-refractivity contribution in [3.05, 3.63) is 35.4 Å². The van der Waals surface area contributed by atoms with Crippen LogP contribution in [0.15, 0.2) is 18.2 Å². The van der Waals surface area contributed by atoms with Gasteiger partial charge in [0.1, 0.15) is 22.2 Å². The van der Waals surface area contributed by atoms with Crippen LogP contribution in [0, 0.1) is 11.6 Å². The number of benzene rings is 1. The van der Waals surface area contributed by atoms with Gasteiger partial charge in [-0.1, -0.05) is 22.0 Å². The smallest absolute Gasteiger partial charge is 0.147 e. The van der Waals surface area contributed by atoms with Crippen molar-refractivity contribution in [1.29, 1.82) is 0 Å². The third-order valence-electron chi connectivity index (χ3n) is 1.59. The lowest BCUT2D eigenvalue weighted by Crippen LogP contribution is -2.03. The van der Waals surface area contributed by atoms with Gasteiger partial charge < -0.3 is 0 Å². The van der Waals surface area contributed by atoms with Crippen molar-refractivity contribution in [2.45, 2.75) is 11.8 Å². The molecule has 1 atom stereocenters. The predicted molar refractivity (Wildman–Crippen MR) is 48.7 cm³/mol. The molecule has 0 saturated carbocycles. The molecule has 0 spiro atoms. The molecule has 1 aromatic carbocycles. The molecule has 1 nitrogen and oxygen atoms in total. The quantitative estimate of drug-likeness (QED) is 0.736. The molecule has 0 amide bonds. The van der Waals surface area contributed by atoms with Gasteiger partial charge in [0.05, 0.1) is 0 Å². The molecular weight excluding hydrogens is 242 g/mol. The molecule has 0 bridgehead atoms. The first-order chi connectivity index (χ1) is 6.02. The zero-order valence-electron chi connectivity index (χ0n) is 6.85. The molecule has 0 aliphatic rings. The number of carbonyl (C=O) groups is 1. The Hall–Kier alpha value is -0.770. The molecule has 0 fully saturated rings. The Labute approximate surface area is 82.9 Å². The van der Waals surface area contributed by atoms with Crippen LogP contribution in [-0.2, 0) is 4.79 Å². The predicted octanol–water partition coefficient (Wildman–Crippen LogP) is 2.99. The van der Waals surface area contributed by atoms with Crippen LogP contribution in [0.25, 0.3) is 0 Å². The summed E-state index contributed by atoms with van der Waals surface area (Å²) in [6.07, 6.45) is 0. The number of carbonyl (C=O) groups excluding carboxylic acids is 1. The molecule has 0 saturated heterocycles. The summed E-state index contributed by atoms with van der Waals surface area (Å²) >= 11 is 3.01. The molecular formula is C9H7BrF2O. The third kappa shape index (κ3) is 2.34. The molecule has 70 valence electrons. The van der Waals surface area contributed by atoms with Gasteiger partial charge in [-0.2, -0.15) is 0 Å². The Morgan fingerprint density at radius 2 is 2.08 bits per heavy atom. The zero-order valence-corrected chi connectivity index (χ0v) is 8.44. The van der Waals surface area contributed by atoms with Gasteiger partial charge in [-0.25, -0.2) is 8.78 Å². The number of halogens is 3. The molecule has 1 rings (SSSR count). The summed E-state index contributed by atoms with van der Waals surface area (Å²) in [5, 5.41) is 0. The van der Waals surface area contributed by atoms with Crippen molar-refractivity contribution in [1.82, 2.24) is 0 Å². The number of alkyl halides is 1. The summed E-state index contributed by atoms with van der Waals surface area (Å²) in [7, 11) is 0. The summed E-state index contributed by atoms with van der Waals surface area (Å²) in [6, 6.07) is 3.13. The van der Waals surface area contributed by atoms with Crippen molar-refractivity contribution in [3.63, 3.8) is 0 Å². The second kappa shape index (κ2) is 3.96. The van der Waals surface area contributed by atoms with E-state index in [0.717, 1.165) is 12.1 Å². The molecule has 1 aromatic rings. The van der Waals surface area contributed by atoms with Gasteiger partial charge in [-0.05, 0) is 13.0 Å². The Morgan fingerprint density at radius 1 is 1.46 bits per heavy atom. The van der Waals surface area contributed by atoms with Crippen LogP contribution in [-0.4, -0.2) is 5.78 Å². The van der Waals surface area contributed by atoms with E-state index < -0.39 is 16.5 Å². The third-order valence-corrected chi connectivity index (χ3v) is 2.73. The number of hydrogen-bond acceptors (Lipinski definition) is 1. The summed E-state index contributed by atoms with van der Waals surface area (Å²) in [6.45, 7) is 1.34. The maximum Gasteiger partial charge on any atom is 0.147 e. The molecule has 0 aliphatic heterocycles. The summed E-state index contributed by atoms with van der Waals surface area (Å²) < 4.78 is 25.5. The summed E-state index contributed by atoms with van der Waals surface area (Å²) in [4.78, 5) is 10.2. The lowest BCUT2D eigenvalue weighted by atomic mass is 10.1. The van der Waals surface area contributed by atoms with Gasteiger partial charge in [0.25, 0.3) is 0 Å². The fourth-order valence-electron chi connectivity index (χ4n) is 0.926. The van der Waals surface area contributed by atoms with E-state index in [9.17, 15) is 13.6 Å². The van der Waals surface area contributed by atoms with Crippen LogP contribution in [0.2, 0.25) is 0 Å². The monoisotopic (exact) mass is 248 g/mol. The van der Waals surface area contributed by atoms with Gasteiger partial charge >= 0.3 is 0 Å². The molecule has 0 aromatic heterocycles. The van der Waals surface area contributed by atoms with Crippen molar-refractivity contribution in [2.75, 3.05) is 0 Å². The minimum absolute atomic E-state index is 0.161. The summed E-state index contributed by atoms with van der Waals surface area (Å²) in [5.74, 6) is -1.58. The Bertz CT molecular complexity index is 338. The van der Waals surface area contributed by atoms with Gasteiger partial charge in [0, 0.05) is 11.6 Å². The first kappa shape index (κ1) is 10.3. The van der Waals surface area contributed by atoms with Crippen molar-refractivity contribution in [3.8, 4) is 0 Å². The van der Waals surface area contributed by atoms with Crippen LogP contribution < -0.4 is 0 Å².